The standard InChI is InChI=1S/C6H2F10O5S/c7-2(1(17)18,22-21-20-19)3(8,9)4(10,11)5(12,13)6(14,15)16/h19H,(H,17,18)/p-1. The van der Waals surface area contributed by atoms with Crippen molar-refractivity contribution in [2.75, 3.05) is 0 Å². The lowest BCUT2D eigenvalue weighted by molar-refractivity contribution is -0.777. The summed E-state index contributed by atoms with van der Waals surface area (Å²) in [6, 6.07) is 0. The van der Waals surface area contributed by atoms with Gasteiger partial charge < -0.3 is 10.4 Å². The van der Waals surface area contributed by atoms with E-state index in [0.29, 0.717) is 0 Å². The first-order chi connectivity index (χ1) is 9.50. The van der Waals surface area contributed by atoms with E-state index in [1.807, 2.05) is 0 Å². The quantitative estimate of drug-likeness (QED) is 0.318. The number of alkyl halides is 10. The van der Waals surface area contributed by atoms with Crippen LogP contribution in [0, 0.1) is 0 Å². The number of carbonyl (C=O) groups is 1. The number of carboxylic acids is 1. The largest absolute Gasteiger partial charge is 0.691 e. The van der Waals surface area contributed by atoms with Gasteiger partial charge in [-0.05, 0) is 0 Å². The highest BCUT2D eigenvalue weighted by atomic mass is 32.2. The van der Waals surface area contributed by atoms with E-state index < -0.39 is 47.0 Å². The van der Waals surface area contributed by atoms with E-state index in [0.717, 1.165) is 0 Å². The van der Waals surface area contributed by atoms with E-state index in [-0.39, 0.29) is 0 Å². The van der Waals surface area contributed by atoms with Crippen LogP contribution in [0.2, 0.25) is 0 Å². The fourth-order valence-corrected chi connectivity index (χ4v) is 1.29. The molecule has 0 aromatic heterocycles. The zero-order valence-electron chi connectivity index (χ0n) is 9.27. The lowest BCUT2D eigenvalue weighted by Gasteiger charge is -2.37. The average molecular weight is 375 g/mol. The first kappa shape index (κ1) is 21.0. The minimum atomic E-state index is -7.56. The molecule has 0 aliphatic carbocycles. The lowest BCUT2D eigenvalue weighted by atomic mass is 9.99. The van der Waals surface area contributed by atoms with Crippen LogP contribution in [0.5, 0.6) is 0 Å². The van der Waals surface area contributed by atoms with Gasteiger partial charge in [-0.15, -0.1) is 0 Å². The number of rotatable bonds is 7. The molecule has 0 amide bonds. The SMILES string of the molecule is O=C(O)C(F)(SOO[O-])C(F)(F)C(F)(F)C(F)(F)C(F)(F)F. The van der Waals surface area contributed by atoms with Crippen LogP contribution in [-0.2, 0) is 14.2 Å². The smallest absolute Gasteiger partial charge is 0.460 e. The Morgan fingerprint density at radius 1 is 0.864 bits per heavy atom. The summed E-state index contributed by atoms with van der Waals surface area (Å²) in [6.07, 6.45) is -7.28. The van der Waals surface area contributed by atoms with E-state index in [1.54, 1.807) is 0 Å². The summed E-state index contributed by atoms with van der Waals surface area (Å²) in [5.74, 6) is -25.9. The molecular weight excluding hydrogens is 374 g/mol. The molecule has 0 aliphatic heterocycles. The van der Waals surface area contributed by atoms with Crippen molar-refractivity contribution < 1.29 is 68.4 Å². The van der Waals surface area contributed by atoms with Gasteiger partial charge in [0.15, 0.2) is 0 Å². The molecule has 0 spiro atoms. The second-order valence-corrected chi connectivity index (χ2v) is 4.21. The minimum Gasteiger partial charge on any atom is -0.691 e. The van der Waals surface area contributed by atoms with Gasteiger partial charge in [-0.2, -0.15) is 43.8 Å². The summed E-state index contributed by atoms with van der Waals surface area (Å²) in [7, 11) is 0. The molecule has 132 valence electrons. The third-order valence-corrected chi connectivity index (χ3v) is 2.78. The van der Waals surface area contributed by atoms with Gasteiger partial charge in [-0.25, -0.2) is 9.18 Å². The van der Waals surface area contributed by atoms with Crippen molar-refractivity contribution in [2.45, 2.75) is 28.9 Å². The molecule has 1 N–H and O–H groups in total. The molecule has 22 heavy (non-hydrogen) atoms. The Labute approximate surface area is 116 Å². The molecule has 0 aliphatic rings. The van der Waals surface area contributed by atoms with Crippen LogP contribution in [0.15, 0.2) is 0 Å². The van der Waals surface area contributed by atoms with Crippen molar-refractivity contribution in [1.82, 2.24) is 0 Å². The highest BCUT2D eigenvalue weighted by Gasteiger charge is 2.88. The zero-order valence-corrected chi connectivity index (χ0v) is 10.1. The van der Waals surface area contributed by atoms with E-state index in [4.69, 9.17) is 5.11 Å². The molecule has 16 heteroatoms. The van der Waals surface area contributed by atoms with Gasteiger partial charge in [0.2, 0.25) is 0 Å². The molecule has 0 rings (SSSR count). The summed E-state index contributed by atoms with van der Waals surface area (Å²) in [5.41, 5.74) is 0. The number of hydrogen-bond acceptors (Lipinski definition) is 5. The molecular formula is C6HF10O5S-. The normalized spacial score (nSPS) is 17.2. The molecule has 0 saturated carbocycles. The third kappa shape index (κ3) is 2.91. The second-order valence-electron chi connectivity index (χ2n) is 3.34. The van der Waals surface area contributed by atoms with Crippen molar-refractivity contribution in [2.24, 2.45) is 0 Å². The van der Waals surface area contributed by atoms with Gasteiger partial charge in [0.1, 0.15) is 0 Å². The predicted molar refractivity (Wildman–Crippen MR) is 42.1 cm³/mol. The minimum absolute atomic E-state index is 2.04. The van der Waals surface area contributed by atoms with Crippen LogP contribution in [0.1, 0.15) is 0 Å². The summed E-state index contributed by atoms with van der Waals surface area (Å²) in [5, 5.41) is 13.6. The fraction of sp³-hybridized carbons (Fsp3) is 0.833. The molecule has 0 heterocycles. The van der Waals surface area contributed by atoms with E-state index in [9.17, 15) is 54.0 Å². The number of hydrogen-bond donors (Lipinski definition) is 1. The zero-order chi connectivity index (χ0) is 18.2. The maximum Gasteiger partial charge on any atom is 0.460 e. The second kappa shape index (κ2) is 5.89. The van der Waals surface area contributed by atoms with Crippen LogP contribution in [0.3, 0.4) is 0 Å². The Bertz CT molecular complexity index is 425. The van der Waals surface area contributed by atoms with Crippen LogP contribution >= 0.6 is 12.0 Å². The topological polar surface area (TPSA) is 78.8 Å². The number of halogens is 10. The molecule has 0 saturated heterocycles. The Morgan fingerprint density at radius 3 is 1.55 bits per heavy atom. The van der Waals surface area contributed by atoms with Gasteiger partial charge in [0.05, 0.1) is 12.0 Å². The summed E-state index contributed by atoms with van der Waals surface area (Å²) < 4.78 is 128. The van der Waals surface area contributed by atoms with Crippen LogP contribution < -0.4 is 5.26 Å². The van der Waals surface area contributed by atoms with Gasteiger partial charge >= 0.3 is 34.9 Å². The van der Waals surface area contributed by atoms with Crippen molar-refractivity contribution in [1.29, 1.82) is 0 Å². The van der Waals surface area contributed by atoms with Crippen LogP contribution in [0.25, 0.3) is 0 Å². The van der Waals surface area contributed by atoms with E-state index in [1.165, 1.54) is 0 Å². The third-order valence-electron chi connectivity index (χ3n) is 2.00. The fourth-order valence-electron chi connectivity index (χ4n) is 0.860. The Kier molecular flexibility index (Phi) is 5.63. The molecule has 1 unspecified atom stereocenters. The van der Waals surface area contributed by atoms with Crippen molar-refractivity contribution in [3.8, 4) is 0 Å². The van der Waals surface area contributed by atoms with E-state index in [2.05, 4.69) is 9.37 Å². The van der Waals surface area contributed by atoms with Gasteiger partial charge in [0, 0.05) is 0 Å². The van der Waals surface area contributed by atoms with Gasteiger partial charge in [0.25, 0.3) is 0 Å². The predicted octanol–water partition coefficient (Wildman–Crippen LogP) is 2.08. The molecule has 0 aromatic carbocycles. The van der Waals surface area contributed by atoms with Gasteiger partial charge in [-0.3, -0.25) is 5.04 Å². The summed E-state index contributed by atoms with van der Waals surface area (Å²) >= 11 is -2.04. The number of aliphatic carboxylic acids is 1. The molecule has 0 bridgehead atoms. The van der Waals surface area contributed by atoms with Crippen LogP contribution in [-0.4, -0.2) is 40.0 Å². The Morgan fingerprint density at radius 2 is 1.27 bits per heavy atom. The van der Waals surface area contributed by atoms with Crippen molar-refractivity contribution >= 4 is 18.0 Å². The highest BCUT2D eigenvalue weighted by Crippen LogP contribution is 2.59. The summed E-state index contributed by atoms with van der Waals surface area (Å²) in [6.45, 7) is 0. The highest BCUT2D eigenvalue weighted by molar-refractivity contribution is 7.96. The Balaban J connectivity index is 6.10. The molecule has 5 nitrogen and oxygen atoms in total. The van der Waals surface area contributed by atoms with E-state index >= 15 is 0 Å². The van der Waals surface area contributed by atoms with Crippen LogP contribution in [0.4, 0.5) is 43.9 Å². The molecule has 0 aromatic rings. The molecule has 0 fully saturated rings. The molecule has 1 atom stereocenters. The maximum atomic E-state index is 13.4. The monoisotopic (exact) mass is 375 g/mol. The van der Waals surface area contributed by atoms with Crippen molar-refractivity contribution in [3.63, 3.8) is 0 Å². The first-order valence-corrected chi connectivity index (χ1v) is 5.01. The van der Waals surface area contributed by atoms with Gasteiger partial charge in [-0.1, -0.05) is 0 Å². The average Bonchev–Trinajstić information content (AvgIpc) is 2.33. The molecule has 0 radical (unpaired) electrons. The maximum absolute atomic E-state index is 13.4. The number of carboxylic acid groups (broad SMARTS) is 1. The first-order valence-electron chi connectivity index (χ1n) is 4.27. The Hall–Kier alpha value is -1.00. The van der Waals surface area contributed by atoms with Crippen molar-refractivity contribution in [3.05, 3.63) is 0 Å². The lowest BCUT2D eigenvalue weighted by Crippen LogP contribution is -2.68. The summed E-state index contributed by atoms with van der Waals surface area (Å²) in [4.78, 5) is 10.2.